The van der Waals surface area contributed by atoms with Gasteiger partial charge in [0.1, 0.15) is 5.75 Å². The number of para-hydroxylation sites is 2. The maximum Gasteiger partial charge on any atom is 0.193 e. The van der Waals surface area contributed by atoms with Gasteiger partial charge in [-0.3, -0.25) is 9.55 Å². The number of aromatic nitrogens is 3. The molecule has 3 aromatic heterocycles. The van der Waals surface area contributed by atoms with E-state index < -0.39 is 0 Å². The van der Waals surface area contributed by atoms with Gasteiger partial charge in [-0.2, -0.15) is 0 Å². The summed E-state index contributed by atoms with van der Waals surface area (Å²) in [5.74, 6) is 0.775. The minimum Gasteiger partial charge on any atom is -0.495 e. The van der Waals surface area contributed by atoms with Gasteiger partial charge < -0.3 is 15.0 Å². The van der Waals surface area contributed by atoms with Crippen LogP contribution < -0.4 is 15.0 Å². The van der Waals surface area contributed by atoms with Gasteiger partial charge in [0.2, 0.25) is 0 Å². The molecule has 0 radical (unpaired) electrons. The van der Waals surface area contributed by atoms with E-state index in [1.54, 1.807) is 18.4 Å². The lowest BCUT2D eigenvalue weighted by Crippen LogP contribution is -2.30. The fourth-order valence-electron chi connectivity index (χ4n) is 4.47. The fourth-order valence-corrected chi connectivity index (χ4v) is 5.56. The summed E-state index contributed by atoms with van der Waals surface area (Å²) in [5, 5.41) is 7.13. The SMILES string of the molecule is COc1ccccc1N1C(=S)N[C@H](c2ccccn2)[C@H]1c1cc(C)n(-c2nccs2)c1C. The van der Waals surface area contributed by atoms with Gasteiger partial charge in [-0.25, -0.2) is 4.98 Å². The summed E-state index contributed by atoms with van der Waals surface area (Å²) < 4.78 is 7.90. The van der Waals surface area contributed by atoms with Crippen LogP contribution in [0.1, 0.15) is 34.7 Å². The molecule has 2 atom stereocenters. The van der Waals surface area contributed by atoms with Crippen LogP contribution in [0.25, 0.3) is 5.13 Å². The number of thiazole rings is 1. The molecule has 8 heteroatoms. The molecule has 162 valence electrons. The summed E-state index contributed by atoms with van der Waals surface area (Å²) in [4.78, 5) is 11.3. The van der Waals surface area contributed by atoms with Crippen LogP contribution in [0.4, 0.5) is 5.69 Å². The highest BCUT2D eigenvalue weighted by atomic mass is 32.1. The quantitative estimate of drug-likeness (QED) is 0.416. The highest BCUT2D eigenvalue weighted by Crippen LogP contribution is 2.46. The summed E-state index contributed by atoms with van der Waals surface area (Å²) in [7, 11) is 1.69. The zero-order chi connectivity index (χ0) is 22.2. The van der Waals surface area contributed by atoms with Crippen LogP contribution in [0.3, 0.4) is 0 Å². The number of thiocarbonyl (C=S) groups is 1. The topological polar surface area (TPSA) is 55.2 Å². The van der Waals surface area contributed by atoms with E-state index in [1.807, 2.05) is 60.2 Å². The second kappa shape index (κ2) is 8.37. The Balaban J connectivity index is 1.71. The zero-order valence-corrected chi connectivity index (χ0v) is 19.7. The Morgan fingerprint density at radius 3 is 2.59 bits per heavy atom. The maximum absolute atomic E-state index is 5.86. The molecule has 32 heavy (non-hydrogen) atoms. The lowest BCUT2D eigenvalue weighted by molar-refractivity contribution is 0.414. The number of rotatable bonds is 5. The van der Waals surface area contributed by atoms with Crippen molar-refractivity contribution in [1.82, 2.24) is 19.9 Å². The monoisotopic (exact) mass is 461 g/mol. The van der Waals surface area contributed by atoms with Gasteiger partial charge in [-0.15, -0.1) is 11.3 Å². The Bertz CT molecular complexity index is 1250. The van der Waals surface area contributed by atoms with E-state index in [1.165, 1.54) is 5.56 Å². The third-order valence-corrected chi connectivity index (χ3v) is 6.91. The molecule has 6 nitrogen and oxygen atoms in total. The van der Waals surface area contributed by atoms with Gasteiger partial charge in [0.15, 0.2) is 10.2 Å². The maximum atomic E-state index is 5.86. The number of methoxy groups -OCH3 is 1. The summed E-state index contributed by atoms with van der Waals surface area (Å²) in [6, 6.07) is 16.0. The van der Waals surface area contributed by atoms with Gasteiger partial charge >= 0.3 is 0 Å². The van der Waals surface area contributed by atoms with E-state index in [9.17, 15) is 0 Å². The largest absolute Gasteiger partial charge is 0.495 e. The first-order valence-corrected chi connectivity index (χ1v) is 11.6. The number of anilines is 1. The molecule has 0 saturated carbocycles. The molecule has 1 N–H and O–H groups in total. The molecule has 0 amide bonds. The molecule has 1 fully saturated rings. The molecule has 1 aliphatic heterocycles. The van der Waals surface area contributed by atoms with Crippen molar-refractivity contribution in [2.75, 3.05) is 12.0 Å². The molecular weight excluding hydrogens is 438 g/mol. The molecule has 4 heterocycles. The lowest BCUT2D eigenvalue weighted by Gasteiger charge is -2.29. The number of benzene rings is 1. The Hall–Kier alpha value is -3.23. The standard InChI is InChI=1S/C24H23N5OS2/c1-15-14-17(16(2)28(15)24-26-12-13-32-24)22-21(18-8-6-7-11-25-18)27-23(31)29(22)19-9-4-5-10-20(19)30-3/h4-14,21-22H,1-3H3,(H,27,31)/t21-,22-/m1/s1. The number of hydrogen-bond donors (Lipinski definition) is 1. The molecule has 0 spiro atoms. The molecule has 1 aromatic carbocycles. The highest BCUT2D eigenvalue weighted by Gasteiger charge is 2.43. The van der Waals surface area contributed by atoms with Crippen molar-refractivity contribution in [3.8, 4) is 10.9 Å². The van der Waals surface area contributed by atoms with Crippen molar-refractivity contribution < 1.29 is 4.74 Å². The van der Waals surface area contributed by atoms with Crippen molar-refractivity contribution in [2.45, 2.75) is 25.9 Å². The van der Waals surface area contributed by atoms with Crippen LogP contribution in [0.5, 0.6) is 5.75 Å². The Morgan fingerprint density at radius 1 is 1.06 bits per heavy atom. The minimum atomic E-state index is -0.112. The van der Waals surface area contributed by atoms with Crippen molar-refractivity contribution in [2.24, 2.45) is 0 Å². The average molecular weight is 462 g/mol. The molecule has 0 bridgehead atoms. The predicted octanol–water partition coefficient (Wildman–Crippen LogP) is 5.13. The van der Waals surface area contributed by atoms with Crippen LogP contribution in [-0.2, 0) is 0 Å². The van der Waals surface area contributed by atoms with Crippen molar-refractivity contribution in [1.29, 1.82) is 0 Å². The van der Waals surface area contributed by atoms with Crippen molar-refractivity contribution >= 4 is 34.4 Å². The van der Waals surface area contributed by atoms with Crippen LogP contribution >= 0.6 is 23.6 Å². The van der Waals surface area contributed by atoms with Crippen molar-refractivity contribution in [3.63, 3.8) is 0 Å². The first kappa shape index (κ1) is 20.7. The number of nitrogens with zero attached hydrogens (tertiary/aromatic N) is 4. The normalized spacial score (nSPS) is 18.1. The first-order chi connectivity index (χ1) is 15.6. The molecular formula is C24H23N5OS2. The number of hydrogen-bond acceptors (Lipinski definition) is 5. The second-order valence-electron chi connectivity index (χ2n) is 7.65. The molecule has 1 aliphatic rings. The molecule has 1 saturated heterocycles. The minimum absolute atomic E-state index is 0.103. The highest BCUT2D eigenvalue weighted by molar-refractivity contribution is 7.80. The summed E-state index contributed by atoms with van der Waals surface area (Å²) >= 11 is 7.49. The van der Waals surface area contributed by atoms with E-state index in [0.717, 1.165) is 33.7 Å². The fraction of sp³-hybridized carbons (Fsp3) is 0.208. The Kier molecular flexibility index (Phi) is 5.40. The Labute approximate surface area is 196 Å². The average Bonchev–Trinajstić information content (AvgIpc) is 3.52. The summed E-state index contributed by atoms with van der Waals surface area (Å²) in [6.07, 6.45) is 3.66. The van der Waals surface area contributed by atoms with Gasteiger partial charge in [-0.1, -0.05) is 18.2 Å². The first-order valence-electron chi connectivity index (χ1n) is 10.3. The number of nitrogens with one attached hydrogen (secondary N) is 1. The molecule has 0 unspecified atom stereocenters. The van der Waals surface area contributed by atoms with Gasteiger partial charge in [0, 0.05) is 29.2 Å². The van der Waals surface area contributed by atoms with Crippen LogP contribution in [-0.4, -0.2) is 26.8 Å². The van der Waals surface area contributed by atoms with Crippen LogP contribution in [0.2, 0.25) is 0 Å². The smallest absolute Gasteiger partial charge is 0.193 e. The van der Waals surface area contributed by atoms with E-state index in [4.69, 9.17) is 17.0 Å². The van der Waals surface area contributed by atoms with E-state index in [0.29, 0.717) is 5.11 Å². The third kappa shape index (κ3) is 3.36. The van der Waals surface area contributed by atoms with E-state index >= 15 is 0 Å². The summed E-state index contributed by atoms with van der Waals surface area (Å²) in [5.41, 5.74) is 5.30. The lowest BCUT2D eigenvalue weighted by atomic mass is 9.96. The number of pyridine rings is 1. The molecule has 4 aromatic rings. The Morgan fingerprint density at radius 2 is 1.88 bits per heavy atom. The molecule has 0 aliphatic carbocycles. The van der Waals surface area contributed by atoms with Crippen LogP contribution in [0, 0.1) is 13.8 Å². The second-order valence-corrected chi connectivity index (χ2v) is 8.90. The van der Waals surface area contributed by atoms with E-state index in [-0.39, 0.29) is 12.1 Å². The van der Waals surface area contributed by atoms with Gasteiger partial charge in [0.25, 0.3) is 0 Å². The summed E-state index contributed by atoms with van der Waals surface area (Å²) in [6.45, 7) is 4.25. The van der Waals surface area contributed by atoms with E-state index in [2.05, 4.69) is 44.7 Å². The van der Waals surface area contributed by atoms with Crippen molar-refractivity contribution in [3.05, 3.63) is 88.9 Å². The zero-order valence-electron chi connectivity index (χ0n) is 18.0. The number of ether oxygens (including phenoxy) is 1. The predicted molar refractivity (Wildman–Crippen MR) is 132 cm³/mol. The van der Waals surface area contributed by atoms with Crippen LogP contribution in [0.15, 0.2) is 66.3 Å². The van der Waals surface area contributed by atoms with Gasteiger partial charge in [-0.05, 0) is 62.0 Å². The molecule has 5 rings (SSSR count). The van der Waals surface area contributed by atoms with Gasteiger partial charge in [0.05, 0.1) is 30.6 Å². The number of aryl methyl sites for hydroxylation is 1. The third-order valence-electron chi connectivity index (χ3n) is 5.84.